The number of nitrogens with zero attached hydrogens (tertiary/aromatic N) is 1. The van der Waals surface area contributed by atoms with Crippen molar-refractivity contribution in [3.05, 3.63) is 71.0 Å². The zero-order valence-corrected chi connectivity index (χ0v) is 13.2. The lowest BCUT2D eigenvalue weighted by Crippen LogP contribution is -2.35. The van der Waals surface area contributed by atoms with E-state index in [1.807, 2.05) is 56.3 Å². The molecule has 23 heavy (non-hydrogen) atoms. The molecule has 2 amide bonds. The number of rotatable bonds is 2. The van der Waals surface area contributed by atoms with Crippen LogP contribution in [0.25, 0.3) is 0 Å². The minimum atomic E-state index is -0.197. The molecule has 1 heterocycles. The normalized spacial score (nSPS) is 21.8. The molecule has 0 saturated carbocycles. The van der Waals surface area contributed by atoms with Gasteiger partial charge in [0, 0.05) is 17.2 Å². The number of nitrogens with one attached hydrogen (secondary N) is 1. The van der Waals surface area contributed by atoms with Crippen molar-refractivity contribution < 1.29 is 9.59 Å². The summed E-state index contributed by atoms with van der Waals surface area (Å²) in [5, 5.41) is 2.87. The number of carbonyl (C=O) groups is 2. The standard InChI is InChI=1S/C19H18N2O2/c1-12-13(2)19(23)21-17-11-15(8-9-16(12)17)20-18(22)10-14-6-4-3-5-7-14/h3-9,11,16H,10H2,1-2H3,(H,21,23). The van der Waals surface area contributed by atoms with Gasteiger partial charge in [0.25, 0.3) is 11.8 Å². The van der Waals surface area contributed by atoms with Gasteiger partial charge >= 0.3 is 0 Å². The van der Waals surface area contributed by atoms with E-state index < -0.39 is 0 Å². The largest absolute Gasteiger partial charge is 0.325 e. The molecule has 1 unspecified atom stereocenters. The summed E-state index contributed by atoms with van der Waals surface area (Å²) in [6, 6.07) is 9.52. The Morgan fingerprint density at radius 1 is 1.22 bits per heavy atom. The van der Waals surface area contributed by atoms with Crippen molar-refractivity contribution in [2.75, 3.05) is 0 Å². The summed E-state index contributed by atoms with van der Waals surface area (Å²) in [6.07, 6.45) is 5.87. The Hall–Kier alpha value is -2.75. The minimum Gasteiger partial charge on any atom is -0.325 e. The third kappa shape index (κ3) is 3.21. The number of fused-ring (bicyclic) bond motifs is 1. The average molecular weight is 306 g/mol. The summed E-state index contributed by atoms with van der Waals surface area (Å²) in [5.41, 5.74) is 4.08. The maximum atomic E-state index is 12.1. The number of carbonyl (C=O) groups excluding carboxylic acids is 2. The summed E-state index contributed by atoms with van der Waals surface area (Å²) in [7, 11) is 0. The van der Waals surface area contributed by atoms with E-state index in [4.69, 9.17) is 0 Å². The topological polar surface area (TPSA) is 58.5 Å². The second-order valence-corrected chi connectivity index (χ2v) is 5.79. The highest BCUT2D eigenvalue weighted by molar-refractivity contribution is 6.11. The Morgan fingerprint density at radius 2 is 1.96 bits per heavy atom. The van der Waals surface area contributed by atoms with Crippen LogP contribution in [0.2, 0.25) is 0 Å². The van der Waals surface area contributed by atoms with E-state index in [0.29, 0.717) is 5.71 Å². The van der Waals surface area contributed by atoms with Gasteiger partial charge in [-0.15, -0.1) is 0 Å². The maximum Gasteiger partial charge on any atom is 0.251 e. The monoisotopic (exact) mass is 306 g/mol. The van der Waals surface area contributed by atoms with Gasteiger partial charge in [-0.25, -0.2) is 4.99 Å². The van der Waals surface area contributed by atoms with Crippen LogP contribution in [0.1, 0.15) is 19.4 Å². The first-order valence-electron chi connectivity index (χ1n) is 7.58. The highest BCUT2D eigenvalue weighted by Gasteiger charge is 2.27. The highest BCUT2D eigenvalue weighted by Crippen LogP contribution is 2.29. The molecule has 2 aliphatic rings. The number of allylic oxidation sites excluding steroid dienone is 3. The van der Waals surface area contributed by atoms with E-state index in [2.05, 4.69) is 10.3 Å². The van der Waals surface area contributed by atoms with E-state index in [1.165, 1.54) is 0 Å². The molecular formula is C19H18N2O2. The summed E-state index contributed by atoms with van der Waals surface area (Å²) < 4.78 is 0. The lowest BCUT2D eigenvalue weighted by Gasteiger charge is -2.28. The first-order valence-corrected chi connectivity index (χ1v) is 7.58. The summed E-state index contributed by atoms with van der Waals surface area (Å²) in [6.45, 7) is 3.78. The Balaban J connectivity index is 1.79. The van der Waals surface area contributed by atoms with Crippen LogP contribution in [0.3, 0.4) is 0 Å². The Morgan fingerprint density at radius 3 is 2.70 bits per heavy atom. The van der Waals surface area contributed by atoms with Crippen molar-refractivity contribution in [2.45, 2.75) is 20.3 Å². The number of hydrogen-bond acceptors (Lipinski definition) is 2. The zero-order valence-electron chi connectivity index (χ0n) is 13.2. The van der Waals surface area contributed by atoms with E-state index in [-0.39, 0.29) is 24.2 Å². The van der Waals surface area contributed by atoms with Crippen LogP contribution in [-0.2, 0) is 16.0 Å². The molecule has 0 radical (unpaired) electrons. The number of aliphatic imine (C=N–C) groups is 1. The van der Waals surface area contributed by atoms with Crippen molar-refractivity contribution in [1.29, 1.82) is 0 Å². The van der Waals surface area contributed by atoms with Crippen molar-refractivity contribution in [3.8, 4) is 0 Å². The molecule has 4 heteroatoms. The number of benzene rings is 1. The molecule has 0 fully saturated rings. The van der Waals surface area contributed by atoms with Gasteiger partial charge in [-0.1, -0.05) is 42.0 Å². The third-order valence-corrected chi connectivity index (χ3v) is 4.21. The van der Waals surface area contributed by atoms with Crippen LogP contribution in [0.5, 0.6) is 0 Å². The minimum absolute atomic E-state index is 0.0656. The van der Waals surface area contributed by atoms with Gasteiger partial charge in [0.05, 0.1) is 12.1 Å². The predicted molar refractivity (Wildman–Crippen MR) is 89.8 cm³/mol. The molecule has 0 saturated heterocycles. The van der Waals surface area contributed by atoms with Gasteiger partial charge in [-0.05, 0) is 31.6 Å². The van der Waals surface area contributed by atoms with Crippen LogP contribution in [0.15, 0.2) is 70.4 Å². The van der Waals surface area contributed by atoms with Crippen LogP contribution < -0.4 is 5.32 Å². The highest BCUT2D eigenvalue weighted by atomic mass is 16.2. The van der Waals surface area contributed by atoms with Gasteiger partial charge < -0.3 is 5.32 Å². The summed E-state index contributed by atoms with van der Waals surface area (Å²) in [4.78, 5) is 28.1. The van der Waals surface area contributed by atoms with Gasteiger partial charge in [0.15, 0.2) is 0 Å². The fourth-order valence-corrected chi connectivity index (χ4v) is 2.75. The lowest BCUT2D eigenvalue weighted by atomic mass is 9.85. The molecule has 1 aromatic rings. The molecule has 1 aliphatic carbocycles. The van der Waals surface area contributed by atoms with Gasteiger partial charge in [-0.2, -0.15) is 0 Å². The van der Waals surface area contributed by atoms with E-state index >= 15 is 0 Å². The predicted octanol–water partition coefficient (Wildman–Crippen LogP) is 2.73. The number of amides is 2. The first-order chi connectivity index (χ1) is 11.0. The molecule has 3 rings (SSSR count). The smallest absolute Gasteiger partial charge is 0.251 e. The lowest BCUT2D eigenvalue weighted by molar-refractivity contribution is -0.118. The van der Waals surface area contributed by atoms with E-state index in [0.717, 1.165) is 22.4 Å². The molecule has 0 bridgehead atoms. The fourth-order valence-electron chi connectivity index (χ4n) is 2.75. The van der Waals surface area contributed by atoms with Crippen LogP contribution in [0, 0.1) is 5.92 Å². The molecule has 116 valence electrons. The molecule has 0 spiro atoms. The molecule has 1 aliphatic heterocycles. The Labute approximate surface area is 135 Å². The maximum absolute atomic E-state index is 12.1. The second-order valence-electron chi connectivity index (χ2n) is 5.79. The van der Waals surface area contributed by atoms with Crippen LogP contribution in [-0.4, -0.2) is 17.5 Å². The van der Waals surface area contributed by atoms with Gasteiger partial charge in [-0.3, -0.25) is 9.59 Å². The first kappa shape index (κ1) is 15.2. The zero-order chi connectivity index (χ0) is 16.4. The Kier molecular flexibility index (Phi) is 4.06. The third-order valence-electron chi connectivity index (χ3n) is 4.21. The SMILES string of the molecule is CC1=C(C)C2C=CC(=NC(=O)Cc3ccccc3)C=C2NC1=O. The molecule has 1 aromatic carbocycles. The molecule has 0 aromatic heterocycles. The van der Waals surface area contributed by atoms with Crippen LogP contribution in [0.4, 0.5) is 0 Å². The Bertz CT molecular complexity index is 783. The van der Waals surface area contributed by atoms with Crippen molar-refractivity contribution in [2.24, 2.45) is 10.9 Å². The van der Waals surface area contributed by atoms with Crippen LogP contribution >= 0.6 is 0 Å². The molecule has 1 N–H and O–H groups in total. The summed E-state index contributed by atoms with van der Waals surface area (Å²) >= 11 is 0. The van der Waals surface area contributed by atoms with Gasteiger partial charge in [0.2, 0.25) is 0 Å². The molecule has 1 atom stereocenters. The van der Waals surface area contributed by atoms with Crippen molar-refractivity contribution in [1.82, 2.24) is 5.32 Å². The fraction of sp³-hybridized carbons (Fsp3) is 0.211. The van der Waals surface area contributed by atoms with E-state index in [9.17, 15) is 9.59 Å². The molecular weight excluding hydrogens is 288 g/mol. The molecule has 4 nitrogen and oxygen atoms in total. The van der Waals surface area contributed by atoms with Crippen molar-refractivity contribution >= 4 is 17.5 Å². The van der Waals surface area contributed by atoms with E-state index in [1.54, 1.807) is 6.08 Å². The van der Waals surface area contributed by atoms with Crippen molar-refractivity contribution in [3.63, 3.8) is 0 Å². The van der Waals surface area contributed by atoms with Gasteiger partial charge in [0.1, 0.15) is 0 Å². The second kappa shape index (κ2) is 6.16. The average Bonchev–Trinajstić information content (AvgIpc) is 2.53. The summed E-state index contributed by atoms with van der Waals surface area (Å²) in [5.74, 6) is -0.220. The quantitative estimate of drug-likeness (QED) is 0.913. The number of hydrogen-bond donors (Lipinski definition) is 1.